The van der Waals surface area contributed by atoms with Gasteiger partial charge in [0.15, 0.2) is 0 Å². The number of aromatic nitrogens is 3. The Kier molecular flexibility index (Phi) is 5.15. The summed E-state index contributed by atoms with van der Waals surface area (Å²) in [5, 5.41) is 6.79. The number of amides is 1. The van der Waals surface area contributed by atoms with Crippen molar-refractivity contribution in [2.75, 3.05) is 31.1 Å². The zero-order valence-corrected chi connectivity index (χ0v) is 18.7. The second-order valence-electron chi connectivity index (χ2n) is 8.96. The molecule has 166 valence electrons. The van der Waals surface area contributed by atoms with Crippen LogP contribution in [0.2, 0.25) is 0 Å². The number of hydrogen-bond acceptors (Lipinski definition) is 4. The molecule has 6 rings (SSSR count). The fourth-order valence-corrected chi connectivity index (χ4v) is 5.01. The van der Waals surface area contributed by atoms with Gasteiger partial charge in [-0.1, -0.05) is 24.3 Å². The van der Waals surface area contributed by atoms with Crippen molar-refractivity contribution in [1.82, 2.24) is 19.7 Å². The number of benzene rings is 2. The Hall–Kier alpha value is -3.51. The number of carbonyl (C=O) groups is 1. The first-order chi connectivity index (χ1) is 16.2. The molecule has 1 amide bonds. The van der Waals surface area contributed by atoms with E-state index in [4.69, 9.17) is 4.98 Å². The number of rotatable bonds is 5. The van der Waals surface area contributed by atoms with E-state index in [2.05, 4.69) is 38.9 Å². The lowest BCUT2D eigenvalue weighted by atomic mass is 10.0. The molecule has 0 spiro atoms. The van der Waals surface area contributed by atoms with Crippen molar-refractivity contribution in [3.8, 4) is 0 Å². The van der Waals surface area contributed by atoms with Gasteiger partial charge in [0, 0.05) is 35.6 Å². The maximum Gasteiger partial charge on any atom is 0.251 e. The molecule has 0 bridgehead atoms. The van der Waals surface area contributed by atoms with Crippen molar-refractivity contribution in [3.63, 3.8) is 0 Å². The van der Waals surface area contributed by atoms with E-state index in [0.717, 1.165) is 58.3 Å². The van der Waals surface area contributed by atoms with Crippen molar-refractivity contribution in [3.05, 3.63) is 72.6 Å². The fraction of sp³-hybridized carbons (Fsp3) is 0.296. The number of hydrogen-bond donors (Lipinski definition) is 0. The lowest BCUT2D eigenvalue weighted by Crippen LogP contribution is -2.33. The van der Waals surface area contributed by atoms with E-state index >= 15 is 0 Å². The first-order valence-electron chi connectivity index (χ1n) is 11.8. The summed E-state index contributed by atoms with van der Waals surface area (Å²) < 4.78 is 2.08. The predicted octanol–water partition coefficient (Wildman–Crippen LogP) is 4.50. The van der Waals surface area contributed by atoms with Gasteiger partial charge in [-0.05, 0) is 68.3 Å². The SMILES string of the molecule is O=C1C=C(c2ccc3ccccc3n2)CCN1c1ccc2c(cnn2CCN2CCCC2)c1. The molecule has 2 aromatic carbocycles. The van der Waals surface area contributed by atoms with E-state index in [1.165, 1.54) is 25.9 Å². The third-order valence-corrected chi connectivity index (χ3v) is 6.86. The summed E-state index contributed by atoms with van der Waals surface area (Å²) in [7, 11) is 0. The van der Waals surface area contributed by atoms with Crippen molar-refractivity contribution < 1.29 is 4.79 Å². The summed E-state index contributed by atoms with van der Waals surface area (Å²) in [4.78, 5) is 22.2. The van der Waals surface area contributed by atoms with Gasteiger partial charge >= 0.3 is 0 Å². The summed E-state index contributed by atoms with van der Waals surface area (Å²) in [6.07, 6.45) is 7.05. The van der Waals surface area contributed by atoms with Gasteiger partial charge in [0.05, 0.1) is 29.5 Å². The molecule has 4 heterocycles. The topological polar surface area (TPSA) is 54.3 Å². The number of pyridine rings is 1. The van der Waals surface area contributed by atoms with Crippen LogP contribution in [0.25, 0.3) is 27.4 Å². The minimum absolute atomic E-state index is 0.00647. The van der Waals surface area contributed by atoms with E-state index in [1.807, 2.05) is 41.4 Å². The van der Waals surface area contributed by atoms with Crippen LogP contribution in [0.4, 0.5) is 5.69 Å². The predicted molar refractivity (Wildman–Crippen MR) is 132 cm³/mol. The molecule has 0 N–H and O–H groups in total. The number of fused-ring (bicyclic) bond motifs is 2. The molecular formula is C27H27N5O. The summed E-state index contributed by atoms with van der Waals surface area (Å²) >= 11 is 0. The Labute approximate surface area is 193 Å². The third-order valence-electron chi connectivity index (χ3n) is 6.86. The number of carbonyl (C=O) groups excluding carboxylic acids is 1. The Morgan fingerprint density at radius 3 is 2.64 bits per heavy atom. The van der Waals surface area contributed by atoms with Crippen LogP contribution in [0.5, 0.6) is 0 Å². The Balaban J connectivity index is 1.21. The van der Waals surface area contributed by atoms with Gasteiger partial charge in [0.1, 0.15) is 0 Å². The monoisotopic (exact) mass is 437 g/mol. The van der Waals surface area contributed by atoms with Crippen LogP contribution in [0, 0.1) is 0 Å². The molecule has 2 aliphatic heterocycles. The zero-order valence-electron chi connectivity index (χ0n) is 18.7. The van der Waals surface area contributed by atoms with Crippen LogP contribution in [0.1, 0.15) is 25.0 Å². The summed E-state index contributed by atoms with van der Waals surface area (Å²) in [5.41, 5.74) is 4.89. The number of nitrogens with zero attached hydrogens (tertiary/aromatic N) is 5. The van der Waals surface area contributed by atoms with Crippen LogP contribution in [0.3, 0.4) is 0 Å². The standard InChI is InChI=1S/C27H27N5O/c33-27-18-21(25-9-7-20-5-1-2-6-24(20)29-25)11-14-31(27)23-8-10-26-22(17-23)19-28-32(26)16-15-30-12-3-4-13-30/h1-2,5-10,17-19H,3-4,11-16H2. The second-order valence-corrected chi connectivity index (χ2v) is 8.96. The normalized spacial score (nSPS) is 17.3. The van der Waals surface area contributed by atoms with Crippen LogP contribution in [-0.2, 0) is 11.3 Å². The van der Waals surface area contributed by atoms with Crippen molar-refractivity contribution in [2.45, 2.75) is 25.8 Å². The molecule has 0 unspecified atom stereocenters. The van der Waals surface area contributed by atoms with Gasteiger partial charge in [-0.25, -0.2) is 4.98 Å². The molecule has 6 nitrogen and oxygen atoms in total. The molecule has 0 atom stereocenters. The van der Waals surface area contributed by atoms with E-state index in [-0.39, 0.29) is 5.91 Å². The lowest BCUT2D eigenvalue weighted by Gasteiger charge is -2.26. The van der Waals surface area contributed by atoms with Crippen LogP contribution < -0.4 is 4.90 Å². The molecular weight excluding hydrogens is 410 g/mol. The highest BCUT2D eigenvalue weighted by Gasteiger charge is 2.22. The van der Waals surface area contributed by atoms with Gasteiger partial charge in [-0.15, -0.1) is 0 Å². The highest BCUT2D eigenvalue weighted by atomic mass is 16.2. The summed E-state index contributed by atoms with van der Waals surface area (Å²) in [5.74, 6) is 0.00647. The minimum Gasteiger partial charge on any atom is -0.309 e. The molecule has 1 saturated heterocycles. The van der Waals surface area contributed by atoms with Crippen molar-refractivity contribution in [2.24, 2.45) is 0 Å². The molecule has 33 heavy (non-hydrogen) atoms. The van der Waals surface area contributed by atoms with E-state index < -0.39 is 0 Å². The largest absolute Gasteiger partial charge is 0.309 e. The maximum absolute atomic E-state index is 13.0. The van der Waals surface area contributed by atoms with Gasteiger partial charge in [-0.3, -0.25) is 9.48 Å². The highest BCUT2D eigenvalue weighted by molar-refractivity contribution is 6.08. The lowest BCUT2D eigenvalue weighted by molar-refractivity contribution is -0.114. The molecule has 2 aliphatic rings. The van der Waals surface area contributed by atoms with E-state index in [0.29, 0.717) is 6.54 Å². The zero-order chi connectivity index (χ0) is 22.2. The summed E-state index contributed by atoms with van der Waals surface area (Å²) in [6, 6.07) is 18.4. The fourth-order valence-electron chi connectivity index (χ4n) is 5.01. The number of likely N-dealkylation sites (tertiary alicyclic amines) is 1. The molecule has 2 aromatic heterocycles. The van der Waals surface area contributed by atoms with Gasteiger partial charge < -0.3 is 9.80 Å². The van der Waals surface area contributed by atoms with Crippen LogP contribution in [0.15, 0.2) is 66.9 Å². The Morgan fingerprint density at radius 1 is 0.879 bits per heavy atom. The molecule has 1 fully saturated rings. The van der Waals surface area contributed by atoms with E-state index in [1.54, 1.807) is 6.08 Å². The molecule has 0 saturated carbocycles. The van der Waals surface area contributed by atoms with Gasteiger partial charge in [-0.2, -0.15) is 5.10 Å². The first-order valence-corrected chi connectivity index (χ1v) is 11.8. The van der Waals surface area contributed by atoms with Crippen molar-refractivity contribution in [1.29, 1.82) is 0 Å². The number of para-hydroxylation sites is 1. The van der Waals surface area contributed by atoms with Gasteiger partial charge in [0.2, 0.25) is 0 Å². The van der Waals surface area contributed by atoms with Crippen molar-refractivity contribution >= 4 is 39.0 Å². The molecule has 6 heteroatoms. The molecule has 0 radical (unpaired) electrons. The quantitative estimate of drug-likeness (QED) is 0.461. The van der Waals surface area contributed by atoms with Crippen LogP contribution >= 0.6 is 0 Å². The maximum atomic E-state index is 13.0. The smallest absolute Gasteiger partial charge is 0.251 e. The average Bonchev–Trinajstić information content (AvgIpc) is 3.52. The average molecular weight is 438 g/mol. The third kappa shape index (κ3) is 3.91. The van der Waals surface area contributed by atoms with Gasteiger partial charge in [0.25, 0.3) is 5.91 Å². The molecule has 4 aromatic rings. The van der Waals surface area contributed by atoms with Crippen LogP contribution in [-0.4, -0.2) is 51.8 Å². The number of anilines is 1. The Bertz CT molecular complexity index is 1370. The minimum atomic E-state index is 0.00647. The first kappa shape index (κ1) is 20.1. The second kappa shape index (κ2) is 8.45. The highest BCUT2D eigenvalue weighted by Crippen LogP contribution is 2.29. The molecule has 0 aliphatic carbocycles. The Morgan fingerprint density at radius 2 is 1.76 bits per heavy atom. The summed E-state index contributed by atoms with van der Waals surface area (Å²) in [6.45, 7) is 4.99. The van der Waals surface area contributed by atoms with E-state index in [9.17, 15) is 4.79 Å².